The summed E-state index contributed by atoms with van der Waals surface area (Å²) in [6.07, 6.45) is 1.62. The van der Waals surface area contributed by atoms with E-state index in [1.54, 1.807) is 18.3 Å². The second-order valence-electron chi connectivity index (χ2n) is 5.09. The molecular weight excluding hydrogens is 353 g/mol. The summed E-state index contributed by atoms with van der Waals surface area (Å²) in [6, 6.07) is 13.5. The molecule has 0 atom stereocenters. The summed E-state index contributed by atoms with van der Waals surface area (Å²) in [5, 5.41) is 4.59. The van der Waals surface area contributed by atoms with Crippen molar-refractivity contribution in [1.29, 1.82) is 0 Å². The molecule has 0 radical (unpaired) electrons. The highest BCUT2D eigenvalue weighted by molar-refractivity contribution is 7.92. The number of hydrogen-bond acceptors (Lipinski definition) is 3. The monoisotopic (exact) mass is 365 g/mol. The van der Waals surface area contributed by atoms with Crippen LogP contribution >= 0.6 is 11.6 Å². The fraction of sp³-hybridized carbons (Fsp3) is 0.0625. The number of nitrogens with one attached hydrogen (secondary N) is 1. The molecule has 1 heterocycles. The van der Waals surface area contributed by atoms with Crippen molar-refractivity contribution in [3.8, 4) is 0 Å². The molecular formula is C16H13ClFN3O2S. The average molecular weight is 366 g/mol. The molecule has 0 aliphatic heterocycles. The van der Waals surface area contributed by atoms with Gasteiger partial charge in [-0.15, -0.1) is 0 Å². The Morgan fingerprint density at radius 1 is 1.12 bits per heavy atom. The highest BCUT2D eigenvalue weighted by Crippen LogP contribution is 2.17. The molecule has 1 aromatic heterocycles. The summed E-state index contributed by atoms with van der Waals surface area (Å²) in [7, 11) is -3.74. The topological polar surface area (TPSA) is 64.0 Å². The van der Waals surface area contributed by atoms with Crippen molar-refractivity contribution in [3.05, 3.63) is 77.2 Å². The van der Waals surface area contributed by atoms with E-state index in [1.807, 2.05) is 0 Å². The van der Waals surface area contributed by atoms with Gasteiger partial charge in [0.25, 0.3) is 10.0 Å². The van der Waals surface area contributed by atoms with E-state index < -0.39 is 10.0 Å². The quantitative estimate of drug-likeness (QED) is 0.752. The van der Waals surface area contributed by atoms with Gasteiger partial charge in [-0.2, -0.15) is 5.10 Å². The first-order chi connectivity index (χ1) is 11.4. The van der Waals surface area contributed by atoms with E-state index in [0.717, 1.165) is 5.56 Å². The average Bonchev–Trinajstić information content (AvgIpc) is 2.94. The van der Waals surface area contributed by atoms with Gasteiger partial charge in [0.1, 0.15) is 5.82 Å². The predicted molar refractivity (Wildman–Crippen MR) is 90.0 cm³/mol. The molecule has 8 heteroatoms. The van der Waals surface area contributed by atoms with Crippen LogP contribution in [0.15, 0.2) is 65.7 Å². The Kier molecular flexibility index (Phi) is 4.55. The first-order valence-electron chi connectivity index (χ1n) is 6.99. The molecule has 1 N–H and O–H groups in total. The van der Waals surface area contributed by atoms with E-state index in [2.05, 4.69) is 9.82 Å². The van der Waals surface area contributed by atoms with Crippen LogP contribution < -0.4 is 4.72 Å². The molecule has 3 aromatic rings. The zero-order valence-electron chi connectivity index (χ0n) is 12.4. The van der Waals surface area contributed by atoms with Gasteiger partial charge in [0.15, 0.2) is 5.82 Å². The lowest BCUT2D eigenvalue weighted by atomic mass is 10.2. The van der Waals surface area contributed by atoms with E-state index in [1.165, 1.54) is 47.1 Å². The minimum Gasteiger partial charge on any atom is -0.266 e. The third kappa shape index (κ3) is 3.93. The second-order valence-corrected chi connectivity index (χ2v) is 7.21. The number of benzene rings is 2. The summed E-state index contributed by atoms with van der Waals surface area (Å²) >= 11 is 5.76. The fourth-order valence-electron chi connectivity index (χ4n) is 2.14. The van der Waals surface area contributed by atoms with Gasteiger partial charge in [0, 0.05) is 17.3 Å². The van der Waals surface area contributed by atoms with Crippen molar-refractivity contribution in [2.75, 3.05) is 4.72 Å². The first kappa shape index (κ1) is 16.5. The van der Waals surface area contributed by atoms with E-state index in [9.17, 15) is 12.8 Å². The van der Waals surface area contributed by atoms with Crippen molar-refractivity contribution < 1.29 is 12.8 Å². The molecule has 5 nitrogen and oxygen atoms in total. The van der Waals surface area contributed by atoms with Gasteiger partial charge in [0.2, 0.25) is 0 Å². The number of aromatic nitrogens is 2. The van der Waals surface area contributed by atoms with Crippen LogP contribution in [0.3, 0.4) is 0 Å². The molecule has 3 rings (SSSR count). The smallest absolute Gasteiger partial charge is 0.263 e. The summed E-state index contributed by atoms with van der Waals surface area (Å²) < 4.78 is 41.6. The molecule has 0 bridgehead atoms. The van der Waals surface area contributed by atoms with Crippen LogP contribution in [0.2, 0.25) is 5.02 Å². The minimum atomic E-state index is -3.74. The van der Waals surface area contributed by atoms with E-state index in [4.69, 9.17) is 11.6 Å². The maximum atomic E-state index is 13.2. The third-order valence-corrected chi connectivity index (χ3v) is 4.86. The predicted octanol–water partition coefficient (Wildman–Crippen LogP) is 3.52. The molecule has 0 saturated carbocycles. The van der Waals surface area contributed by atoms with Gasteiger partial charge in [0.05, 0.1) is 11.4 Å². The summed E-state index contributed by atoms with van der Waals surface area (Å²) in [4.78, 5) is 0.0894. The van der Waals surface area contributed by atoms with Crippen molar-refractivity contribution in [2.24, 2.45) is 0 Å². The molecule has 24 heavy (non-hydrogen) atoms. The Hall–Kier alpha value is -2.38. The Morgan fingerprint density at radius 3 is 2.58 bits per heavy atom. The molecule has 0 aliphatic carbocycles. The van der Waals surface area contributed by atoms with Crippen LogP contribution in [0.5, 0.6) is 0 Å². The number of anilines is 1. The minimum absolute atomic E-state index is 0.0894. The Bertz CT molecular complexity index is 955. The number of rotatable bonds is 5. The van der Waals surface area contributed by atoms with E-state index in [0.29, 0.717) is 11.6 Å². The maximum Gasteiger partial charge on any atom is 0.263 e. The largest absolute Gasteiger partial charge is 0.266 e. The molecule has 0 fully saturated rings. The first-order valence-corrected chi connectivity index (χ1v) is 8.85. The van der Waals surface area contributed by atoms with Gasteiger partial charge in [-0.1, -0.05) is 23.7 Å². The third-order valence-electron chi connectivity index (χ3n) is 3.24. The highest BCUT2D eigenvalue weighted by Gasteiger charge is 2.15. The zero-order valence-corrected chi connectivity index (χ0v) is 13.9. The number of hydrogen-bond donors (Lipinski definition) is 1. The van der Waals surface area contributed by atoms with Gasteiger partial charge in [-0.25, -0.2) is 12.8 Å². The molecule has 2 aromatic carbocycles. The van der Waals surface area contributed by atoms with Crippen LogP contribution in [0.4, 0.5) is 10.2 Å². The standard InChI is InChI=1S/C16H13ClFN3O2S/c17-13-4-6-15(7-5-13)24(22,23)20-16-8-9-21(19-16)11-12-2-1-3-14(18)10-12/h1-10H,11H2,(H,19,20). The number of halogens is 2. The van der Waals surface area contributed by atoms with Gasteiger partial charge in [-0.05, 0) is 42.0 Å². The molecule has 0 unspecified atom stereocenters. The fourth-order valence-corrected chi connectivity index (χ4v) is 3.26. The zero-order chi connectivity index (χ0) is 17.2. The van der Waals surface area contributed by atoms with Crippen LogP contribution in [0.1, 0.15) is 5.56 Å². The maximum absolute atomic E-state index is 13.2. The lowest BCUT2D eigenvalue weighted by molar-refractivity contribution is 0.600. The lowest BCUT2D eigenvalue weighted by Crippen LogP contribution is -2.13. The van der Waals surface area contributed by atoms with Crippen LogP contribution in [-0.4, -0.2) is 18.2 Å². The molecule has 124 valence electrons. The summed E-state index contributed by atoms with van der Waals surface area (Å²) in [6.45, 7) is 0.334. The van der Waals surface area contributed by atoms with Crippen molar-refractivity contribution in [3.63, 3.8) is 0 Å². The van der Waals surface area contributed by atoms with Crippen LogP contribution in [0.25, 0.3) is 0 Å². The molecule has 0 saturated heterocycles. The van der Waals surface area contributed by atoms with Gasteiger partial charge >= 0.3 is 0 Å². The normalized spacial score (nSPS) is 11.4. The van der Waals surface area contributed by atoms with Gasteiger partial charge in [-0.3, -0.25) is 9.40 Å². The molecule has 0 amide bonds. The van der Waals surface area contributed by atoms with Crippen molar-refractivity contribution >= 4 is 27.4 Å². The molecule has 0 spiro atoms. The second kappa shape index (κ2) is 6.62. The summed E-state index contributed by atoms with van der Waals surface area (Å²) in [5.41, 5.74) is 0.727. The summed E-state index contributed by atoms with van der Waals surface area (Å²) in [5.74, 6) is -0.148. The Labute approximate surface area is 143 Å². The SMILES string of the molecule is O=S(=O)(Nc1ccn(Cc2cccc(F)c2)n1)c1ccc(Cl)cc1. The van der Waals surface area contributed by atoms with Crippen molar-refractivity contribution in [1.82, 2.24) is 9.78 Å². The van der Waals surface area contributed by atoms with E-state index >= 15 is 0 Å². The Balaban J connectivity index is 1.75. The number of nitrogens with zero attached hydrogens (tertiary/aromatic N) is 2. The Morgan fingerprint density at radius 2 is 1.88 bits per heavy atom. The van der Waals surface area contributed by atoms with Crippen LogP contribution in [-0.2, 0) is 16.6 Å². The lowest BCUT2D eigenvalue weighted by Gasteiger charge is -2.06. The molecule has 0 aliphatic rings. The number of sulfonamides is 1. The van der Waals surface area contributed by atoms with Crippen LogP contribution in [0, 0.1) is 5.82 Å². The van der Waals surface area contributed by atoms with E-state index in [-0.39, 0.29) is 16.5 Å². The van der Waals surface area contributed by atoms with Crippen molar-refractivity contribution in [2.45, 2.75) is 11.4 Å². The highest BCUT2D eigenvalue weighted by atomic mass is 35.5. The van der Waals surface area contributed by atoms with Gasteiger partial charge < -0.3 is 0 Å².